The first kappa shape index (κ1) is 15.7. The van der Waals surface area contributed by atoms with Crippen molar-refractivity contribution in [1.29, 1.82) is 0 Å². The molecule has 1 amide bonds. The number of carbonyl (C=O) groups excluding carboxylic acids is 1. The Morgan fingerprint density at radius 2 is 2.29 bits per heavy atom. The van der Waals surface area contributed by atoms with Gasteiger partial charge in [0, 0.05) is 18.8 Å². The van der Waals surface area contributed by atoms with Crippen molar-refractivity contribution in [2.24, 2.45) is 0 Å². The van der Waals surface area contributed by atoms with Crippen LogP contribution in [0.2, 0.25) is 0 Å². The van der Waals surface area contributed by atoms with Crippen molar-refractivity contribution in [3.63, 3.8) is 0 Å². The van der Waals surface area contributed by atoms with Gasteiger partial charge in [-0.1, -0.05) is 0 Å². The second kappa shape index (κ2) is 6.87. The molecule has 1 aromatic heterocycles. The standard InChI is InChI=1S/C15H23N3O3/c1-10(2)17-15(20)13-9-21-7-6-18(13)14-8-12(11(3)19)4-5-16-14/h4-5,8,10-11,13,19H,6-7,9H2,1-3H3,(H,17,20)/t11-,13?/m1/s1. The second-order valence-electron chi connectivity index (χ2n) is 5.57. The van der Waals surface area contributed by atoms with Gasteiger partial charge in [0.2, 0.25) is 5.91 Å². The molecule has 1 aromatic rings. The number of ether oxygens (including phenoxy) is 1. The van der Waals surface area contributed by atoms with Gasteiger partial charge in [-0.05, 0) is 38.5 Å². The zero-order valence-electron chi connectivity index (χ0n) is 12.7. The molecule has 0 bridgehead atoms. The molecule has 2 heterocycles. The van der Waals surface area contributed by atoms with E-state index in [0.717, 1.165) is 5.56 Å². The maximum Gasteiger partial charge on any atom is 0.245 e. The minimum absolute atomic E-state index is 0.0612. The van der Waals surface area contributed by atoms with Crippen LogP contribution in [0.1, 0.15) is 32.4 Å². The lowest BCUT2D eigenvalue weighted by Gasteiger charge is -2.36. The molecule has 2 rings (SSSR count). The van der Waals surface area contributed by atoms with Gasteiger partial charge in [0.25, 0.3) is 0 Å². The quantitative estimate of drug-likeness (QED) is 0.861. The van der Waals surface area contributed by atoms with Crippen molar-refractivity contribution in [2.45, 2.75) is 39.0 Å². The van der Waals surface area contributed by atoms with Crippen LogP contribution in [0.3, 0.4) is 0 Å². The lowest BCUT2D eigenvalue weighted by molar-refractivity contribution is -0.125. The van der Waals surface area contributed by atoms with Gasteiger partial charge in [-0.25, -0.2) is 4.98 Å². The highest BCUT2D eigenvalue weighted by Crippen LogP contribution is 2.21. The summed E-state index contributed by atoms with van der Waals surface area (Å²) in [5.41, 5.74) is 0.787. The molecule has 0 radical (unpaired) electrons. The van der Waals surface area contributed by atoms with Crippen molar-refractivity contribution < 1.29 is 14.6 Å². The van der Waals surface area contributed by atoms with Gasteiger partial charge in [-0.3, -0.25) is 4.79 Å². The smallest absolute Gasteiger partial charge is 0.245 e. The summed E-state index contributed by atoms with van der Waals surface area (Å²) >= 11 is 0. The SMILES string of the molecule is CC(C)NC(=O)C1COCCN1c1cc([C@@H](C)O)ccn1. The third-order valence-corrected chi connectivity index (χ3v) is 3.41. The first-order valence-corrected chi connectivity index (χ1v) is 7.28. The highest BCUT2D eigenvalue weighted by Gasteiger charge is 2.30. The molecule has 0 spiro atoms. The number of amides is 1. The lowest BCUT2D eigenvalue weighted by Crippen LogP contribution is -2.55. The molecule has 0 aromatic carbocycles. The topological polar surface area (TPSA) is 74.7 Å². The van der Waals surface area contributed by atoms with Gasteiger partial charge in [0.1, 0.15) is 11.9 Å². The third kappa shape index (κ3) is 3.92. The van der Waals surface area contributed by atoms with Crippen molar-refractivity contribution in [3.05, 3.63) is 23.9 Å². The molecule has 1 aliphatic heterocycles. The Morgan fingerprint density at radius 1 is 1.52 bits per heavy atom. The molecular weight excluding hydrogens is 270 g/mol. The van der Waals surface area contributed by atoms with Crippen molar-refractivity contribution in [3.8, 4) is 0 Å². The monoisotopic (exact) mass is 293 g/mol. The normalized spacial score (nSPS) is 20.4. The van der Waals surface area contributed by atoms with Crippen LogP contribution in [0.5, 0.6) is 0 Å². The number of nitrogens with one attached hydrogen (secondary N) is 1. The number of hydrogen-bond donors (Lipinski definition) is 2. The second-order valence-corrected chi connectivity index (χ2v) is 5.57. The Kier molecular flexibility index (Phi) is 5.14. The van der Waals surface area contributed by atoms with E-state index in [1.807, 2.05) is 24.8 Å². The van der Waals surface area contributed by atoms with Gasteiger partial charge >= 0.3 is 0 Å². The van der Waals surface area contributed by atoms with Crippen LogP contribution >= 0.6 is 0 Å². The van der Waals surface area contributed by atoms with Crippen LogP contribution < -0.4 is 10.2 Å². The molecule has 0 aliphatic carbocycles. The lowest BCUT2D eigenvalue weighted by atomic mass is 10.1. The van der Waals surface area contributed by atoms with Gasteiger partial charge in [-0.2, -0.15) is 0 Å². The maximum atomic E-state index is 12.3. The third-order valence-electron chi connectivity index (χ3n) is 3.41. The predicted molar refractivity (Wildman–Crippen MR) is 80.1 cm³/mol. The van der Waals surface area contributed by atoms with Crippen molar-refractivity contribution >= 4 is 11.7 Å². The average Bonchev–Trinajstić information content (AvgIpc) is 2.46. The number of pyridine rings is 1. The fraction of sp³-hybridized carbons (Fsp3) is 0.600. The van der Waals surface area contributed by atoms with Crippen LogP contribution in [-0.2, 0) is 9.53 Å². The van der Waals surface area contributed by atoms with E-state index < -0.39 is 12.1 Å². The fourth-order valence-corrected chi connectivity index (χ4v) is 2.33. The number of carbonyl (C=O) groups is 1. The van der Waals surface area contributed by atoms with E-state index >= 15 is 0 Å². The number of nitrogens with zero attached hydrogens (tertiary/aromatic N) is 2. The molecular formula is C15H23N3O3. The molecule has 6 heteroatoms. The Hall–Kier alpha value is -1.66. The summed E-state index contributed by atoms with van der Waals surface area (Å²) in [6.45, 7) is 7.08. The average molecular weight is 293 g/mol. The Labute approximate surface area is 125 Å². The van der Waals surface area contributed by atoms with Gasteiger partial charge in [0.15, 0.2) is 0 Å². The van der Waals surface area contributed by atoms with Crippen LogP contribution in [0.4, 0.5) is 5.82 Å². The molecule has 1 saturated heterocycles. The molecule has 0 saturated carbocycles. The van der Waals surface area contributed by atoms with Crippen molar-refractivity contribution in [1.82, 2.24) is 10.3 Å². The van der Waals surface area contributed by atoms with Crippen LogP contribution in [0, 0.1) is 0 Å². The summed E-state index contributed by atoms with van der Waals surface area (Å²) in [6, 6.07) is 3.29. The van der Waals surface area contributed by atoms with E-state index in [9.17, 15) is 9.90 Å². The first-order chi connectivity index (χ1) is 9.99. The Balaban J connectivity index is 2.22. The van der Waals surface area contributed by atoms with E-state index in [4.69, 9.17) is 4.74 Å². The molecule has 2 N–H and O–H groups in total. The number of aliphatic hydroxyl groups is 1. The molecule has 6 nitrogen and oxygen atoms in total. The number of morpholine rings is 1. The zero-order chi connectivity index (χ0) is 15.4. The largest absolute Gasteiger partial charge is 0.389 e. The van der Waals surface area contributed by atoms with Gasteiger partial charge < -0.3 is 20.1 Å². The number of aromatic nitrogens is 1. The molecule has 2 atom stereocenters. The highest BCUT2D eigenvalue weighted by molar-refractivity contribution is 5.85. The number of aliphatic hydroxyl groups excluding tert-OH is 1. The summed E-state index contributed by atoms with van der Waals surface area (Å²) in [7, 11) is 0. The zero-order valence-corrected chi connectivity index (χ0v) is 12.7. The van der Waals surface area contributed by atoms with Gasteiger partial charge in [0.05, 0.1) is 19.3 Å². The molecule has 1 fully saturated rings. The summed E-state index contributed by atoms with van der Waals surface area (Å²) < 4.78 is 5.43. The summed E-state index contributed by atoms with van der Waals surface area (Å²) in [4.78, 5) is 18.6. The van der Waals surface area contributed by atoms with Crippen LogP contribution in [-0.4, -0.2) is 47.8 Å². The van der Waals surface area contributed by atoms with E-state index in [1.54, 1.807) is 19.2 Å². The maximum absolute atomic E-state index is 12.3. The minimum atomic E-state index is -0.560. The van der Waals surface area contributed by atoms with E-state index in [-0.39, 0.29) is 11.9 Å². The highest BCUT2D eigenvalue weighted by atomic mass is 16.5. The van der Waals surface area contributed by atoms with Crippen LogP contribution in [0.25, 0.3) is 0 Å². The summed E-state index contributed by atoms with van der Waals surface area (Å²) in [5.74, 6) is 0.634. The molecule has 1 unspecified atom stereocenters. The van der Waals surface area contributed by atoms with Crippen LogP contribution in [0.15, 0.2) is 18.3 Å². The predicted octanol–water partition coefficient (Wildman–Crippen LogP) is 0.865. The Morgan fingerprint density at radius 3 is 2.95 bits per heavy atom. The summed E-state index contributed by atoms with van der Waals surface area (Å²) in [5, 5.41) is 12.6. The first-order valence-electron chi connectivity index (χ1n) is 7.28. The number of hydrogen-bond acceptors (Lipinski definition) is 5. The van der Waals surface area contributed by atoms with Gasteiger partial charge in [-0.15, -0.1) is 0 Å². The number of rotatable bonds is 4. The Bertz CT molecular complexity index is 491. The summed E-state index contributed by atoms with van der Waals surface area (Å²) in [6.07, 6.45) is 1.10. The molecule has 21 heavy (non-hydrogen) atoms. The molecule has 116 valence electrons. The van der Waals surface area contributed by atoms with E-state index in [0.29, 0.717) is 25.6 Å². The van der Waals surface area contributed by atoms with E-state index in [2.05, 4.69) is 10.3 Å². The number of anilines is 1. The fourth-order valence-electron chi connectivity index (χ4n) is 2.33. The molecule has 1 aliphatic rings. The van der Waals surface area contributed by atoms with Crippen molar-refractivity contribution in [2.75, 3.05) is 24.7 Å². The van der Waals surface area contributed by atoms with E-state index in [1.165, 1.54) is 0 Å². The minimum Gasteiger partial charge on any atom is -0.389 e.